The van der Waals surface area contributed by atoms with Gasteiger partial charge >= 0.3 is 5.69 Å². The van der Waals surface area contributed by atoms with Crippen molar-refractivity contribution < 1.29 is 13.2 Å². The van der Waals surface area contributed by atoms with Crippen LogP contribution in [0.15, 0.2) is 94.7 Å². The Balaban J connectivity index is 1.22. The number of fused-ring (bicyclic) bond motifs is 1. The third-order valence-electron chi connectivity index (χ3n) is 8.57. The van der Waals surface area contributed by atoms with E-state index in [0.717, 1.165) is 78.1 Å². The summed E-state index contributed by atoms with van der Waals surface area (Å²) in [6.45, 7) is 2.78. The van der Waals surface area contributed by atoms with Crippen molar-refractivity contribution in [2.75, 3.05) is 33.8 Å². The van der Waals surface area contributed by atoms with Crippen molar-refractivity contribution >= 4 is 21.1 Å². The highest BCUT2D eigenvalue weighted by atomic mass is 32.2. The van der Waals surface area contributed by atoms with Crippen LogP contribution < -0.4 is 21.1 Å². The Hall–Kier alpha value is -4.29. The van der Waals surface area contributed by atoms with Gasteiger partial charge < -0.3 is 20.4 Å². The molecule has 0 amide bonds. The molecular formula is C35H40N6O4S. The van der Waals surface area contributed by atoms with Crippen LogP contribution in [-0.4, -0.2) is 67.1 Å². The van der Waals surface area contributed by atoms with Gasteiger partial charge in [0.15, 0.2) is 0 Å². The number of methoxy groups -OCH3 is 1. The lowest BCUT2D eigenvalue weighted by atomic mass is 10.1. The third-order valence-corrected chi connectivity index (χ3v) is 10.5. The topological polar surface area (TPSA) is 121 Å². The Labute approximate surface area is 269 Å². The molecule has 3 aromatic carbocycles. The quantitative estimate of drug-likeness (QED) is 0.184. The number of aromatic nitrogens is 3. The van der Waals surface area contributed by atoms with Gasteiger partial charge in [-0.05, 0) is 105 Å². The second kappa shape index (κ2) is 14.0. The highest BCUT2D eigenvalue weighted by molar-refractivity contribution is 7.89. The van der Waals surface area contributed by atoms with E-state index in [2.05, 4.69) is 20.6 Å². The summed E-state index contributed by atoms with van der Waals surface area (Å²) < 4.78 is 36.7. The van der Waals surface area contributed by atoms with Crippen molar-refractivity contribution in [2.24, 2.45) is 0 Å². The molecule has 5 aromatic rings. The Morgan fingerprint density at radius 3 is 2.48 bits per heavy atom. The summed E-state index contributed by atoms with van der Waals surface area (Å²) in [5.74, 6) is 0.800. The molecule has 3 heterocycles. The lowest BCUT2D eigenvalue weighted by Gasteiger charge is -2.34. The number of nitrogens with zero attached hydrogens (tertiary/aromatic N) is 3. The maximum absolute atomic E-state index is 14.1. The molecular weight excluding hydrogens is 600 g/mol. The van der Waals surface area contributed by atoms with Gasteiger partial charge in [-0.2, -0.15) is 9.29 Å². The van der Waals surface area contributed by atoms with Crippen LogP contribution in [0.4, 0.5) is 0 Å². The summed E-state index contributed by atoms with van der Waals surface area (Å²) in [6.07, 6.45) is 4.80. The van der Waals surface area contributed by atoms with Gasteiger partial charge in [-0.15, -0.1) is 0 Å². The van der Waals surface area contributed by atoms with Crippen LogP contribution in [0.5, 0.6) is 5.75 Å². The summed E-state index contributed by atoms with van der Waals surface area (Å²) >= 11 is 0. The lowest BCUT2D eigenvalue weighted by Crippen LogP contribution is -2.46. The van der Waals surface area contributed by atoms with Crippen molar-refractivity contribution in [1.29, 1.82) is 0 Å². The standard InChI is InChI=1S/C35H40N6O4S/c1-36-23-26-8-12-29(13-9-26)40-24-28-22-33(38-34(28)39-35(40)42)27-10-14-32(15-11-27)46(43,44)41(30-16-18-37-19-17-30)20-4-6-25-5-3-7-31(21-25)45-2/h3,5,7-15,21-22,24,30,36-37H,4,6,16-20,23H2,1-2H3,(H,38,39,42). The van der Waals surface area contributed by atoms with Crippen molar-refractivity contribution in [3.8, 4) is 22.7 Å². The van der Waals surface area contributed by atoms with Gasteiger partial charge in [0.25, 0.3) is 0 Å². The molecule has 0 radical (unpaired) electrons. The number of hydrogen-bond donors (Lipinski definition) is 3. The van der Waals surface area contributed by atoms with Gasteiger partial charge in [0.2, 0.25) is 10.0 Å². The van der Waals surface area contributed by atoms with Crippen LogP contribution in [0, 0.1) is 0 Å². The fourth-order valence-corrected chi connectivity index (χ4v) is 7.84. The molecule has 0 atom stereocenters. The second-order valence-corrected chi connectivity index (χ2v) is 13.5. The molecule has 1 fully saturated rings. The number of nitrogens with one attached hydrogen (secondary N) is 3. The molecule has 0 spiro atoms. The number of sulfonamides is 1. The first-order chi connectivity index (χ1) is 22.4. The van der Waals surface area contributed by atoms with E-state index in [4.69, 9.17) is 4.74 Å². The summed E-state index contributed by atoms with van der Waals surface area (Å²) in [7, 11) is -0.191. The minimum Gasteiger partial charge on any atom is -0.497 e. The van der Waals surface area contributed by atoms with Gasteiger partial charge in [0.05, 0.1) is 17.7 Å². The predicted molar refractivity (Wildman–Crippen MR) is 181 cm³/mol. The first-order valence-electron chi connectivity index (χ1n) is 15.7. The molecule has 2 aromatic heterocycles. The van der Waals surface area contributed by atoms with Crippen LogP contribution in [0.1, 0.15) is 30.4 Å². The van der Waals surface area contributed by atoms with Crippen LogP contribution >= 0.6 is 0 Å². The Kier molecular flexibility index (Phi) is 9.64. The van der Waals surface area contributed by atoms with E-state index in [1.165, 1.54) is 4.57 Å². The van der Waals surface area contributed by atoms with Crippen molar-refractivity contribution in [3.63, 3.8) is 0 Å². The number of H-pyrrole nitrogens is 1. The van der Waals surface area contributed by atoms with E-state index in [1.54, 1.807) is 41.9 Å². The van der Waals surface area contributed by atoms with E-state index in [0.29, 0.717) is 18.6 Å². The van der Waals surface area contributed by atoms with Crippen LogP contribution in [0.2, 0.25) is 0 Å². The number of hydrogen-bond acceptors (Lipinski definition) is 7. The average Bonchev–Trinajstić information content (AvgIpc) is 3.50. The van der Waals surface area contributed by atoms with Gasteiger partial charge in [0, 0.05) is 36.4 Å². The lowest BCUT2D eigenvalue weighted by molar-refractivity contribution is 0.260. The zero-order valence-corrected chi connectivity index (χ0v) is 27.0. The number of aromatic amines is 1. The molecule has 1 aliphatic heterocycles. The van der Waals surface area contributed by atoms with Crippen LogP contribution in [0.3, 0.4) is 0 Å². The number of piperidine rings is 1. The Morgan fingerprint density at radius 2 is 1.76 bits per heavy atom. The minimum atomic E-state index is -3.73. The largest absolute Gasteiger partial charge is 0.497 e. The zero-order chi connectivity index (χ0) is 32.1. The zero-order valence-electron chi connectivity index (χ0n) is 26.2. The van der Waals surface area contributed by atoms with E-state index in [-0.39, 0.29) is 16.6 Å². The summed E-state index contributed by atoms with van der Waals surface area (Å²) in [5.41, 5.74) is 4.63. The Morgan fingerprint density at radius 1 is 1.00 bits per heavy atom. The number of aryl methyl sites for hydroxylation is 1. The highest BCUT2D eigenvalue weighted by Gasteiger charge is 2.32. The van der Waals surface area contributed by atoms with E-state index in [1.807, 2.05) is 61.6 Å². The number of rotatable bonds is 12. The number of ether oxygens (including phenoxy) is 1. The highest BCUT2D eigenvalue weighted by Crippen LogP contribution is 2.28. The smallest absolute Gasteiger partial charge is 0.354 e. The van der Waals surface area contributed by atoms with E-state index >= 15 is 0 Å². The molecule has 240 valence electrons. The maximum atomic E-state index is 14.1. The van der Waals surface area contributed by atoms with Crippen molar-refractivity contribution in [1.82, 2.24) is 29.5 Å². The average molecular weight is 641 g/mol. The first kappa shape index (κ1) is 31.7. The monoisotopic (exact) mass is 640 g/mol. The molecule has 46 heavy (non-hydrogen) atoms. The maximum Gasteiger partial charge on any atom is 0.354 e. The fraction of sp³-hybridized carbons (Fsp3) is 0.314. The molecule has 10 nitrogen and oxygen atoms in total. The molecule has 0 aliphatic carbocycles. The number of benzene rings is 3. The van der Waals surface area contributed by atoms with Crippen molar-refractivity contribution in [2.45, 2.75) is 43.2 Å². The molecule has 6 rings (SSSR count). The van der Waals surface area contributed by atoms with E-state index in [9.17, 15) is 13.2 Å². The van der Waals surface area contributed by atoms with Crippen LogP contribution in [0.25, 0.3) is 28.0 Å². The Bertz CT molecular complexity index is 1950. The predicted octanol–water partition coefficient (Wildman–Crippen LogP) is 4.48. The molecule has 0 unspecified atom stereocenters. The van der Waals surface area contributed by atoms with Gasteiger partial charge in [-0.3, -0.25) is 4.57 Å². The minimum absolute atomic E-state index is 0.0523. The summed E-state index contributed by atoms with van der Waals surface area (Å²) in [5, 5.41) is 7.24. The fourth-order valence-electron chi connectivity index (χ4n) is 6.12. The van der Waals surface area contributed by atoms with Gasteiger partial charge in [-0.1, -0.05) is 36.4 Å². The second-order valence-electron chi connectivity index (χ2n) is 11.7. The molecule has 0 saturated carbocycles. The van der Waals surface area contributed by atoms with Crippen LogP contribution in [-0.2, 0) is 23.0 Å². The van der Waals surface area contributed by atoms with Gasteiger partial charge in [-0.25, -0.2) is 13.2 Å². The SMILES string of the molecule is CNCc1ccc(-n2cc3cc(-c4ccc(S(=O)(=O)N(CCCc5cccc(OC)c5)C5CCNCC5)cc4)[nH]c3nc2=O)cc1. The summed E-state index contributed by atoms with van der Waals surface area (Å²) in [6, 6.07) is 24.5. The molecule has 3 N–H and O–H groups in total. The normalized spacial score (nSPS) is 14.2. The van der Waals surface area contributed by atoms with Crippen molar-refractivity contribution in [3.05, 3.63) is 107 Å². The summed E-state index contributed by atoms with van der Waals surface area (Å²) in [4.78, 5) is 20.6. The van der Waals surface area contributed by atoms with E-state index < -0.39 is 10.0 Å². The molecule has 1 aliphatic rings. The van der Waals surface area contributed by atoms with Gasteiger partial charge in [0.1, 0.15) is 11.4 Å². The molecule has 1 saturated heterocycles. The first-order valence-corrected chi connectivity index (χ1v) is 17.1. The third kappa shape index (κ3) is 6.92. The molecule has 0 bridgehead atoms. The molecule has 11 heteroatoms.